The molecule has 0 saturated carbocycles. The van der Waals surface area contributed by atoms with E-state index in [9.17, 15) is 9.59 Å². The summed E-state index contributed by atoms with van der Waals surface area (Å²) in [6, 6.07) is 0. The smallest absolute Gasteiger partial charge is 0.306 e. The zero-order chi connectivity index (χ0) is 26.2. The zero-order valence-electron chi connectivity index (χ0n) is 24.3. The number of hydrogen-bond acceptors (Lipinski definition) is 4. The maximum atomic E-state index is 12.4. The number of rotatable bonds is 24. The minimum absolute atomic E-state index is 0.00621. The van der Waals surface area contributed by atoms with E-state index < -0.39 is 0 Å². The maximum Gasteiger partial charge on any atom is 0.306 e. The summed E-state index contributed by atoms with van der Waals surface area (Å²) in [5.74, 6) is -0.320. The molecular weight excluding hydrogens is 436 g/mol. The Morgan fingerprint density at radius 3 is 1.34 bits per heavy atom. The van der Waals surface area contributed by atoms with Crippen LogP contribution in [-0.2, 0) is 19.1 Å². The van der Waals surface area contributed by atoms with E-state index in [1.54, 1.807) is 0 Å². The lowest BCUT2D eigenvalue weighted by molar-refractivity contribution is -0.161. The Hall–Kier alpha value is -1.06. The lowest BCUT2D eigenvalue weighted by Crippen LogP contribution is -2.29. The van der Waals surface area contributed by atoms with Crippen molar-refractivity contribution in [2.24, 2.45) is 5.41 Å². The molecule has 0 N–H and O–H groups in total. The molecular formula is C31H60O4. The largest absolute Gasteiger partial charge is 0.462 e. The van der Waals surface area contributed by atoms with Gasteiger partial charge in [0.1, 0.15) is 12.7 Å². The molecule has 0 radical (unpaired) electrons. The summed E-state index contributed by atoms with van der Waals surface area (Å²) < 4.78 is 11.2. The minimum Gasteiger partial charge on any atom is -0.462 e. The highest BCUT2D eigenvalue weighted by Crippen LogP contribution is 2.23. The Morgan fingerprint density at radius 1 is 0.571 bits per heavy atom. The van der Waals surface area contributed by atoms with Gasteiger partial charge in [-0.1, -0.05) is 137 Å². The van der Waals surface area contributed by atoms with Crippen molar-refractivity contribution in [2.45, 2.75) is 176 Å². The lowest BCUT2D eigenvalue weighted by Gasteiger charge is -2.25. The summed E-state index contributed by atoms with van der Waals surface area (Å²) in [5, 5.41) is 0. The predicted octanol–water partition coefficient (Wildman–Crippen LogP) is 9.72. The van der Waals surface area contributed by atoms with Gasteiger partial charge in [-0.05, 0) is 24.7 Å². The normalized spacial score (nSPS) is 12.5. The summed E-state index contributed by atoms with van der Waals surface area (Å²) >= 11 is 0. The van der Waals surface area contributed by atoms with E-state index in [1.807, 2.05) is 0 Å². The van der Waals surface area contributed by atoms with Gasteiger partial charge in [0, 0.05) is 12.8 Å². The molecule has 4 nitrogen and oxygen atoms in total. The van der Waals surface area contributed by atoms with Gasteiger partial charge >= 0.3 is 11.9 Å². The van der Waals surface area contributed by atoms with Gasteiger partial charge in [0.15, 0.2) is 0 Å². The van der Waals surface area contributed by atoms with Crippen molar-refractivity contribution in [3.8, 4) is 0 Å². The number of carbonyl (C=O) groups is 2. The van der Waals surface area contributed by atoms with Crippen molar-refractivity contribution in [3.05, 3.63) is 0 Å². The van der Waals surface area contributed by atoms with E-state index in [1.165, 1.54) is 89.9 Å². The van der Waals surface area contributed by atoms with Crippen LogP contribution in [0.2, 0.25) is 0 Å². The second-order valence-corrected chi connectivity index (χ2v) is 11.7. The van der Waals surface area contributed by atoms with Gasteiger partial charge in [0.25, 0.3) is 0 Å². The van der Waals surface area contributed by atoms with Crippen LogP contribution in [0.5, 0.6) is 0 Å². The van der Waals surface area contributed by atoms with Crippen molar-refractivity contribution in [1.29, 1.82) is 0 Å². The average Bonchev–Trinajstić information content (AvgIpc) is 2.79. The van der Waals surface area contributed by atoms with Crippen LogP contribution in [0.25, 0.3) is 0 Å². The maximum absolute atomic E-state index is 12.4. The highest BCUT2D eigenvalue weighted by molar-refractivity contribution is 5.70. The standard InChI is InChI=1S/C31H60O4/c1-6-8-10-12-14-16-18-20-22-24-29(32)34-27-28(26-31(3,4)5)35-30(33)25-23-21-19-17-15-13-11-9-7-2/h28H,6-27H2,1-5H3. The van der Waals surface area contributed by atoms with Crippen LogP contribution in [0.4, 0.5) is 0 Å². The van der Waals surface area contributed by atoms with Gasteiger partial charge < -0.3 is 9.47 Å². The number of unbranched alkanes of at least 4 members (excludes halogenated alkanes) is 16. The SMILES string of the molecule is CCCCCCCCCCCC(=O)OCC(CC(C)(C)C)OC(=O)CCCCCCCCCCC. The summed E-state index contributed by atoms with van der Waals surface area (Å²) in [6.07, 6.45) is 23.4. The monoisotopic (exact) mass is 496 g/mol. The van der Waals surface area contributed by atoms with Crippen LogP contribution in [0.1, 0.15) is 169 Å². The first-order valence-corrected chi connectivity index (χ1v) is 15.1. The van der Waals surface area contributed by atoms with Crippen LogP contribution >= 0.6 is 0 Å². The molecule has 0 aliphatic rings. The predicted molar refractivity (Wildman–Crippen MR) is 149 cm³/mol. The quantitative estimate of drug-likeness (QED) is 0.0985. The number of hydrogen-bond donors (Lipinski definition) is 0. The minimum atomic E-state index is -0.354. The molecule has 0 aliphatic heterocycles. The highest BCUT2D eigenvalue weighted by atomic mass is 16.6. The van der Waals surface area contributed by atoms with E-state index in [2.05, 4.69) is 34.6 Å². The Labute approximate surface area is 218 Å². The van der Waals surface area contributed by atoms with E-state index in [4.69, 9.17) is 9.47 Å². The van der Waals surface area contributed by atoms with Crippen molar-refractivity contribution < 1.29 is 19.1 Å². The molecule has 0 aromatic carbocycles. The van der Waals surface area contributed by atoms with E-state index in [0.717, 1.165) is 25.7 Å². The molecule has 208 valence electrons. The summed E-state index contributed by atoms with van der Waals surface area (Å²) in [7, 11) is 0. The molecule has 1 atom stereocenters. The van der Waals surface area contributed by atoms with Gasteiger partial charge in [-0.2, -0.15) is 0 Å². The topological polar surface area (TPSA) is 52.6 Å². The van der Waals surface area contributed by atoms with Crippen LogP contribution < -0.4 is 0 Å². The third-order valence-electron chi connectivity index (χ3n) is 6.54. The first-order chi connectivity index (χ1) is 16.8. The fraction of sp³-hybridized carbons (Fsp3) is 0.935. The van der Waals surface area contributed by atoms with Gasteiger partial charge in [-0.3, -0.25) is 9.59 Å². The van der Waals surface area contributed by atoms with Crippen molar-refractivity contribution >= 4 is 11.9 Å². The van der Waals surface area contributed by atoms with Crippen LogP contribution in [0, 0.1) is 5.41 Å². The fourth-order valence-electron chi connectivity index (χ4n) is 4.48. The summed E-state index contributed by atoms with van der Waals surface area (Å²) in [4.78, 5) is 24.6. The average molecular weight is 497 g/mol. The second-order valence-electron chi connectivity index (χ2n) is 11.7. The number of carbonyl (C=O) groups excluding carboxylic acids is 2. The molecule has 35 heavy (non-hydrogen) atoms. The Morgan fingerprint density at radius 2 is 0.943 bits per heavy atom. The molecule has 4 heteroatoms. The molecule has 0 rings (SSSR count). The zero-order valence-corrected chi connectivity index (χ0v) is 24.3. The molecule has 0 aliphatic carbocycles. The Bertz CT molecular complexity index is 495. The van der Waals surface area contributed by atoms with Crippen molar-refractivity contribution in [3.63, 3.8) is 0 Å². The first kappa shape index (κ1) is 33.9. The number of ether oxygens (including phenoxy) is 2. The molecule has 0 bridgehead atoms. The van der Waals surface area contributed by atoms with Gasteiger partial charge in [-0.15, -0.1) is 0 Å². The van der Waals surface area contributed by atoms with Crippen LogP contribution in [0.15, 0.2) is 0 Å². The van der Waals surface area contributed by atoms with Gasteiger partial charge in [-0.25, -0.2) is 0 Å². The molecule has 0 amide bonds. The van der Waals surface area contributed by atoms with E-state index in [-0.39, 0.29) is 30.1 Å². The van der Waals surface area contributed by atoms with Crippen molar-refractivity contribution in [2.75, 3.05) is 6.61 Å². The molecule has 0 aromatic rings. The molecule has 0 saturated heterocycles. The van der Waals surface area contributed by atoms with Gasteiger partial charge in [0.2, 0.25) is 0 Å². The van der Waals surface area contributed by atoms with E-state index >= 15 is 0 Å². The second kappa shape index (κ2) is 23.3. The molecule has 1 unspecified atom stereocenters. The summed E-state index contributed by atoms with van der Waals surface area (Å²) in [5.41, 5.74) is 0.00621. The highest BCUT2D eigenvalue weighted by Gasteiger charge is 2.23. The molecule has 0 heterocycles. The first-order valence-electron chi connectivity index (χ1n) is 15.1. The van der Waals surface area contributed by atoms with E-state index in [0.29, 0.717) is 19.3 Å². The number of esters is 2. The Kier molecular flexibility index (Phi) is 22.6. The molecule has 0 spiro atoms. The third kappa shape index (κ3) is 25.8. The lowest BCUT2D eigenvalue weighted by atomic mass is 9.89. The third-order valence-corrected chi connectivity index (χ3v) is 6.54. The molecule has 0 fully saturated rings. The fourth-order valence-corrected chi connectivity index (χ4v) is 4.48. The molecule has 0 aromatic heterocycles. The van der Waals surface area contributed by atoms with Crippen molar-refractivity contribution in [1.82, 2.24) is 0 Å². The van der Waals surface area contributed by atoms with Gasteiger partial charge in [0.05, 0.1) is 0 Å². The summed E-state index contributed by atoms with van der Waals surface area (Å²) in [6.45, 7) is 11.0. The van der Waals surface area contributed by atoms with Crippen LogP contribution in [-0.4, -0.2) is 24.6 Å². The van der Waals surface area contributed by atoms with Crippen LogP contribution in [0.3, 0.4) is 0 Å². The Balaban J connectivity index is 4.01.